The number of hydrogen-bond acceptors (Lipinski definition) is 9. The highest BCUT2D eigenvalue weighted by Crippen LogP contribution is 2.21. The van der Waals surface area contributed by atoms with Crippen molar-refractivity contribution >= 4 is 69.8 Å². The highest BCUT2D eigenvalue weighted by atomic mass is 16.2. The van der Waals surface area contributed by atoms with E-state index in [2.05, 4.69) is 42.2 Å². The van der Waals surface area contributed by atoms with Gasteiger partial charge >= 0.3 is 0 Å². The van der Waals surface area contributed by atoms with Crippen LogP contribution in [0, 0.1) is 0 Å². The van der Waals surface area contributed by atoms with Crippen LogP contribution in [0.25, 0.3) is 0 Å². The van der Waals surface area contributed by atoms with Gasteiger partial charge in [0, 0.05) is 92.2 Å². The molecule has 6 rings (SSSR count). The van der Waals surface area contributed by atoms with Crippen molar-refractivity contribution in [2.45, 2.75) is 6.42 Å². The minimum absolute atomic E-state index is 0.163. The van der Waals surface area contributed by atoms with Crippen molar-refractivity contribution in [2.24, 2.45) is 48.0 Å². The predicted octanol–water partition coefficient (Wildman–Crippen LogP) is 1.57. The SMILES string of the molecule is Cn1cc(NC(=O)c2cc(NC(=O)c3cc(NC(=O)CNC(=O)c4cc(NC(=O)c5cc(NC(=O)c6nccn6C)cn5C)cn4C)cn3C)cn2C)cc1C(=O)NCCCN. The molecule has 0 bridgehead atoms. The largest absolute Gasteiger partial charge is 0.351 e. The lowest BCUT2D eigenvalue weighted by molar-refractivity contribution is -0.115. The molecule has 0 saturated carbocycles. The topological polar surface area (TPSA) is 272 Å². The number of imidazole rings is 1. The summed E-state index contributed by atoms with van der Waals surface area (Å²) >= 11 is 0. The molecule has 6 aromatic heterocycles. The van der Waals surface area contributed by atoms with E-state index in [1.54, 1.807) is 91.4 Å². The highest BCUT2D eigenvalue weighted by molar-refractivity contribution is 6.09. The van der Waals surface area contributed by atoms with Gasteiger partial charge in [-0.05, 0) is 43.3 Å². The van der Waals surface area contributed by atoms with Gasteiger partial charge in [0.25, 0.3) is 35.4 Å². The molecule has 9 N–H and O–H groups in total. The molecule has 0 radical (unpaired) electrons. The molecule has 324 valence electrons. The highest BCUT2D eigenvalue weighted by Gasteiger charge is 2.21. The number of aryl methyl sites for hydroxylation is 6. The summed E-state index contributed by atoms with van der Waals surface area (Å²) in [6, 6.07) is 7.48. The number of anilines is 5. The van der Waals surface area contributed by atoms with Crippen molar-refractivity contribution in [3.8, 4) is 0 Å². The quantitative estimate of drug-likeness (QED) is 0.0656. The van der Waals surface area contributed by atoms with Gasteiger partial charge < -0.3 is 70.4 Å². The molecule has 6 heterocycles. The molecule has 7 amide bonds. The summed E-state index contributed by atoms with van der Waals surface area (Å²) in [5.41, 5.74) is 8.44. The molecular formula is C40H47N15O7. The zero-order valence-electron chi connectivity index (χ0n) is 34.8. The third kappa shape index (κ3) is 9.99. The molecule has 22 nitrogen and oxygen atoms in total. The molecule has 0 aliphatic rings. The van der Waals surface area contributed by atoms with Crippen LogP contribution in [0.5, 0.6) is 0 Å². The number of hydrogen-bond donors (Lipinski definition) is 8. The lowest BCUT2D eigenvalue weighted by atomic mass is 10.3. The van der Waals surface area contributed by atoms with Gasteiger partial charge in [-0.3, -0.25) is 33.6 Å². The van der Waals surface area contributed by atoms with E-state index in [-0.39, 0.29) is 34.5 Å². The fraction of sp³-hybridized carbons (Fsp3) is 0.250. The number of carbonyl (C=O) groups is 7. The molecule has 0 unspecified atom stereocenters. The van der Waals surface area contributed by atoms with E-state index in [0.717, 1.165) is 0 Å². The second kappa shape index (κ2) is 18.4. The summed E-state index contributed by atoms with van der Waals surface area (Å²) in [5.74, 6) is -3.15. The minimum atomic E-state index is -0.583. The summed E-state index contributed by atoms with van der Waals surface area (Å²) in [7, 11) is 9.90. The molecule has 0 aromatic carbocycles. The predicted molar refractivity (Wildman–Crippen MR) is 229 cm³/mol. The Morgan fingerprint density at radius 3 is 1.21 bits per heavy atom. The normalized spacial score (nSPS) is 10.9. The van der Waals surface area contributed by atoms with E-state index in [1.807, 2.05) is 0 Å². The number of aromatic nitrogens is 7. The number of carbonyl (C=O) groups excluding carboxylic acids is 7. The number of nitrogens with one attached hydrogen (secondary N) is 7. The molecule has 22 heteroatoms. The van der Waals surface area contributed by atoms with Crippen LogP contribution in [-0.4, -0.2) is 93.4 Å². The summed E-state index contributed by atoms with van der Waals surface area (Å²) in [6.07, 6.45) is 11.6. The van der Waals surface area contributed by atoms with Crippen LogP contribution in [0.2, 0.25) is 0 Å². The fourth-order valence-electron chi connectivity index (χ4n) is 6.50. The van der Waals surface area contributed by atoms with Crippen LogP contribution in [0.4, 0.5) is 28.4 Å². The average Bonchev–Trinajstić information content (AvgIpc) is 4.07. The van der Waals surface area contributed by atoms with Gasteiger partial charge in [0.2, 0.25) is 5.91 Å². The molecule has 0 saturated heterocycles. The van der Waals surface area contributed by atoms with Crippen LogP contribution in [0.1, 0.15) is 69.5 Å². The van der Waals surface area contributed by atoms with Crippen LogP contribution in [0.15, 0.2) is 73.7 Å². The molecule has 0 fully saturated rings. The Balaban J connectivity index is 0.985. The standard InChI is InChI=1S/C40H47N15O7/c1-50-11-10-42-34(50)40(62)49-27-16-32(55(6)22-27)39(61)47-25-14-29(52(3)20-25)36(58)44-17-33(56)45-23-12-30(53(4)18-23)37(59)48-26-15-31(54(5)21-26)38(60)46-24-13-28(51(2)19-24)35(57)43-9-7-8-41/h10-16,18-22H,7-9,17,41H2,1-6H3,(H,43,57)(H,44,58)(H,45,56)(H,46,60)(H,47,61)(H,48,59)(H,49,62). The van der Waals surface area contributed by atoms with Gasteiger partial charge in [0.1, 0.15) is 28.5 Å². The Bertz CT molecular complexity index is 2700. The number of nitrogens with zero attached hydrogens (tertiary/aromatic N) is 7. The third-order valence-electron chi connectivity index (χ3n) is 9.60. The Morgan fingerprint density at radius 1 is 0.484 bits per heavy atom. The lowest BCUT2D eigenvalue weighted by Gasteiger charge is -2.06. The van der Waals surface area contributed by atoms with E-state index >= 15 is 0 Å². The van der Waals surface area contributed by atoms with E-state index < -0.39 is 42.0 Å². The summed E-state index contributed by atoms with van der Waals surface area (Å²) in [5, 5.41) is 19.0. The maximum atomic E-state index is 13.3. The Labute approximate surface area is 354 Å². The summed E-state index contributed by atoms with van der Waals surface area (Å²) in [6.45, 7) is 0.476. The van der Waals surface area contributed by atoms with Gasteiger partial charge in [-0.15, -0.1) is 0 Å². The monoisotopic (exact) mass is 849 g/mol. The molecule has 0 aliphatic carbocycles. The van der Waals surface area contributed by atoms with Crippen LogP contribution in [0.3, 0.4) is 0 Å². The maximum Gasteiger partial charge on any atom is 0.291 e. The second-order valence-electron chi connectivity index (χ2n) is 14.4. The third-order valence-corrected chi connectivity index (χ3v) is 9.60. The van der Waals surface area contributed by atoms with Gasteiger partial charge in [-0.25, -0.2) is 4.98 Å². The minimum Gasteiger partial charge on any atom is -0.351 e. The number of amides is 7. The molecule has 0 atom stereocenters. The van der Waals surface area contributed by atoms with E-state index in [0.29, 0.717) is 53.6 Å². The van der Waals surface area contributed by atoms with Crippen molar-refractivity contribution in [1.29, 1.82) is 0 Å². The fourth-order valence-corrected chi connectivity index (χ4v) is 6.50. The average molecular weight is 850 g/mol. The first-order valence-electron chi connectivity index (χ1n) is 19.1. The first kappa shape index (κ1) is 43.4. The smallest absolute Gasteiger partial charge is 0.291 e. The lowest BCUT2D eigenvalue weighted by Crippen LogP contribution is -2.33. The van der Waals surface area contributed by atoms with Crippen LogP contribution in [-0.2, 0) is 47.1 Å². The number of nitrogens with two attached hydrogens (primary N) is 1. The van der Waals surface area contributed by atoms with Crippen LogP contribution < -0.4 is 43.0 Å². The van der Waals surface area contributed by atoms with Crippen molar-refractivity contribution < 1.29 is 33.6 Å². The van der Waals surface area contributed by atoms with E-state index in [9.17, 15) is 33.6 Å². The van der Waals surface area contributed by atoms with Crippen LogP contribution >= 0.6 is 0 Å². The van der Waals surface area contributed by atoms with Crippen molar-refractivity contribution in [2.75, 3.05) is 46.2 Å². The van der Waals surface area contributed by atoms with Gasteiger partial charge in [-0.1, -0.05) is 0 Å². The van der Waals surface area contributed by atoms with E-state index in [1.165, 1.54) is 52.0 Å². The first-order valence-corrected chi connectivity index (χ1v) is 19.1. The molecule has 62 heavy (non-hydrogen) atoms. The molecular weight excluding hydrogens is 803 g/mol. The molecule has 6 aromatic rings. The maximum absolute atomic E-state index is 13.3. The Hall–Kier alpha value is -8.14. The van der Waals surface area contributed by atoms with Crippen molar-refractivity contribution in [1.82, 2.24) is 43.0 Å². The van der Waals surface area contributed by atoms with Crippen molar-refractivity contribution in [3.05, 3.63) is 108 Å². The summed E-state index contributed by atoms with van der Waals surface area (Å²) in [4.78, 5) is 94.5. The first-order chi connectivity index (χ1) is 29.5. The molecule has 0 aliphatic heterocycles. The van der Waals surface area contributed by atoms with Gasteiger partial charge in [-0.2, -0.15) is 0 Å². The zero-order chi connectivity index (χ0) is 44.8. The summed E-state index contributed by atoms with van der Waals surface area (Å²) < 4.78 is 9.25. The second-order valence-corrected chi connectivity index (χ2v) is 14.4. The van der Waals surface area contributed by atoms with Gasteiger partial charge in [0.05, 0.1) is 35.0 Å². The molecule has 0 spiro atoms. The Morgan fingerprint density at radius 2 is 0.839 bits per heavy atom. The number of rotatable bonds is 16. The van der Waals surface area contributed by atoms with Gasteiger partial charge in [0.15, 0.2) is 5.82 Å². The Kier molecular flexibility index (Phi) is 12.9. The van der Waals surface area contributed by atoms with Crippen molar-refractivity contribution in [3.63, 3.8) is 0 Å². The van der Waals surface area contributed by atoms with E-state index in [4.69, 9.17) is 5.73 Å². The zero-order valence-corrected chi connectivity index (χ0v) is 34.8.